The molecule has 3 heteroatoms. The fourth-order valence-corrected chi connectivity index (χ4v) is 4.08. The SMILES string of the molecule is CCCC1(C(=O)N[C@@H](C)C2CCCCC2)CCCNC1. The van der Waals surface area contributed by atoms with Gasteiger partial charge in [0.15, 0.2) is 0 Å². The monoisotopic (exact) mass is 280 g/mol. The Hall–Kier alpha value is -0.570. The first-order chi connectivity index (χ1) is 9.68. The molecule has 1 aliphatic heterocycles. The molecule has 0 aromatic rings. The van der Waals surface area contributed by atoms with Crippen molar-refractivity contribution >= 4 is 5.91 Å². The van der Waals surface area contributed by atoms with Crippen LogP contribution in [0.2, 0.25) is 0 Å². The summed E-state index contributed by atoms with van der Waals surface area (Å²) in [6, 6.07) is 0.346. The van der Waals surface area contributed by atoms with Crippen molar-refractivity contribution in [2.24, 2.45) is 11.3 Å². The minimum Gasteiger partial charge on any atom is -0.353 e. The van der Waals surface area contributed by atoms with E-state index in [1.54, 1.807) is 0 Å². The van der Waals surface area contributed by atoms with E-state index < -0.39 is 0 Å². The molecule has 1 saturated carbocycles. The van der Waals surface area contributed by atoms with Gasteiger partial charge in [0.2, 0.25) is 5.91 Å². The quantitative estimate of drug-likeness (QED) is 0.811. The number of hydrogen-bond acceptors (Lipinski definition) is 2. The van der Waals surface area contributed by atoms with E-state index in [0.29, 0.717) is 17.9 Å². The number of carbonyl (C=O) groups excluding carboxylic acids is 1. The summed E-state index contributed by atoms with van der Waals surface area (Å²) in [7, 11) is 0. The van der Waals surface area contributed by atoms with Crippen LogP contribution in [0.4, 0.5) is 0 Å². The van der Waals surface area contributed by atoms with E-state index in [1.807, 2.05) is 0 Å². The third-order valence-electron chi connectivity index (χ3n) is 5.40. The number of carbonyl (C=O) groups is 1. The van der Waals surface area contributed by atoms with Gasteiger partial charge in [0.05, 0.1) is 5.41 Å². The van der Waals surface area contributed by atoms with Gasteiger partial charge < -0.3 is 10.6 Å². The second-order valence-electron chi connectivity index (χ2n) is 6.97. The smallest absolute Gasteiger partial charge is 0.227 e. The molecule has 0 spiro atoms. The third kappa shape index (κ3) is 3.75. The summed E-state index contributed by atoms with van der Waals surface area (Å²) < 4.78 is 0. The molecule has 20 heavy (non-hydrogen) atoms. The van der Waals surface area contributed by atoms with E-state index in [9.17, 15) is 4.79 Å². The first-order valence-electron chi connectivity index (χ1n) is 8.69. The van der Waals surface area contributed by atoms with Gasteiger partial charge in [-0.15, -0.1) is 0 Å². The number of piperidine rings is 1. The van der Waals surface area contributed by atoms with E-state index in [4.69, 9.17) is 0 Å². The second-order valence-corrected chi connectivity index (χ2v) is 6.97. The average Bonchev–Trinajstić information content (AvgIpc) is 2.49. The van der Waals surface area contributed by atoms with E-state index >= 15 is 0 Å². The summed E-state index contributed by atoms with van der Waals surface area (Å²) in [4.78, 5) is 12.8. The number of hydrogen-bond donors (Lipinski definition) is 2. The molecular formula is C17H32N2O. The van der Waals surface area contributed by atoms with E-state index in [0.717, 1.165) is 38.8 Å². The molecule has 2 fully saturated rings. The fourth-order valence-electron chi connectivity index (χ4n) is 4.08. The van der Waals surface area contributed by atoms with Gasteiger partial charge in [-0.1, -0.05) is 32.6 Å². The van der Waals surface area contributed by atoms with Gasteiger partial charge in [-0.25, -0.2) is 0 Å². The molecule has 0 radical (unpaired) electrons. The highest BCUT2D eigenvalue weighted by atomic mass is 16.2. The maximum absolute atomic E-state index is 12.8. The van der Waals surface area contributed by atoms with Crippen LogP contribution in [0.3, 0.4) is 0 Å². The van der Waals surface area contributed by atoms with Crippen LogP contribution < -0.4 is 10.6 Å². The van der Waals surface area contributed by atoms with Crippen molar-refractivity contribution in [1.82, 2.24) is 10.6 Å². The zero-order valence-corrected chi connectivity index (χ0v) is 13.3. The molecule has 1 unspecified atom stereocenters. The molecule has 1 aliphatic carbocycles. The van der Waals surface area contributed by atoms with Crippen LogP contribution in [-0.4, -0.2) is 25.0 Å². The molecule has 1 saturated heterocycles. The average molecular weight is 280 g/mol. The topological polar surface area (TPSA) is 41.1 Å². The van der Waals surface area contributed by atoms with Crippen LogP contribution in [0.1, 0.15) is 71.6 Å². The molecule has 1 heterocycles. The van der Waals surface area contributed by atoms with Crippen LogP contribution in [0.15, 0.2) is 0 Å². The standard InChI is InChI=1S/C17H32N2O/c1-3-10-17(11-7-12-18-13-17)16(20)19-14(2)15-8-5-4-6-9-15/h14-15,18H,3-13H2,1-2H3,(H,19,20)/t14-,17?/m0/s1. The van der Waals surface area contributed by atoms with Crippen LogP contribution in [-0.2, 0) is 4.79 Å². The van der Waals surface area contributed by atoms with Crippen LogP contribution in [0.5, 0.6) is 0 Å². The summed E-state index contributed by atoms with van der Waals surface area (Å²) in [5.74, 6) is 1.01. The van der Waals surface area contributed by atoms with Crippen LogP contribution >= 0.6 is 0 Å². The maximum Gasteiger partial charge on any atom is 0.227 e. The lowest BCUT2D eigenvalue weighted by molar-refractivity contribution is -0.133. The molecule has 2 aliphatic rings. The summed E-state index contributed by atoms with van der Waals surface area (Å²) in [6.07, 6.45) is 10.9. The van der Waals surface area contributed by atoms with Crippen LogP contribution in [0, 0.1) is 11.3 Å². The van der Waals surface area contributed by atoms with Crippen molar-refractivity contribution in [3.8, 4) is 0 Å². The van der Waals surface area contributed by atoms with Gasteiger partial charge in [-0.3, -0.25) is 4.79 Å². The Labute approximate surface area is 124 Å². The van der Waals surface area contributed by atoms with Gasteiger partial charge in [-0.2, -0.15) is 0 Å². The maximum atomic E-state index is 12.8. The Kier molecular flexibility index (Phi) is 5.88. The molecule has 1 amide bonds. The Morgan fingerprint density at radius 1 is 1.30 bits per heavy atom. The molecular weight excluding hydrogens is 248 g/mol. The van der Waals surface area contributed by atoms with Gasteiger partial charge in [0.1, 0.15) is 0 Å². The van der Waals surface area contributed by atoms with Crippen molar-refractivity contribution in [3.63, 3.8) is 0 Å². The lowest BCUT2D eigenvalue weighted by atomic mass is 9.75. The van der Waals surface area contributed by atoms with Gasteiger partial charge in [0, 0.05) is 12.6 Å². The predicted octanol–water partition coefficient (Wildman–Crippen LogP) is 3.24. The Morgan fingerprint density at radius 2 is 2.05 bits per heavy atom. The molecule has 0 bridgehead atoms. The number of rotatable bonds is 5. The highest BCUT2D eigenvalue weighted by Gasteiger charge is 2.39. The zero-order valence-electron chi connectivity index (χ0n) is 13.3. The van der Waals surface area contributed by atoms with Gasteiger partial charge in [0.25, 0.3) is 0 Å². The molecule has 2 atom stereocenters. The molecule has 2 rings (SSSR count). The van der Waals surface area contributed by atoms with Crippen molar-refractivity contribution in [2.45, 2.75) is 77.7 Å². The first kappa shape index (κ1) is 15.8. The summed E-state index contributed by atoms with van der Waals surface area (Å²) in [5.41, 5.74) is -0.143. The van der Waals surface area contributed by atoms with E-state index in [-0.39, 0.29) is 5.41 Å². The normalized spacial score (nSPS) is 29.9. The van der Waals surface area contributed by atoms with Crippen molar-refractivity contribution < 1.29 is 4.79 Å². The predicted molar refractivity (Wildman–Crippen MR) is 83.6 cm³/mol. The fraction of sp³-hybridized carbons (Fsp3) is 0.941. The minimum atomic E-state index is -0.143. The van der Waals surface area contributed by atoms with Crippen molar-refractivity contribution in [2.75, 3.05) is 13.1 Å². The number of nitrogens with one attached hydrogen (secondary N) is 2. The molecule has 3 nitrogen and oxygen atoms in total. The van der Waals surface area contributed by atoms with Gasteiger partial charge in [-0.05, 0) is 51.5 Å². The minimum absolute atomic E-state index is 0.143. The van der Waals surface area contributed by atoms with E-state index in [1.165, 1.54) is 32.1 Å². The Morgan fingerprint density at radius 3 is 2.65 bits per heavy atom. The van der Waals surface area contributed by atoms with Crippen molar-refractivity contribution in [1.29, 1.82) is 0 Å². The lowest BCUT2D eigenvalue weighted by Crippen LogP contribution is -2.53. The van der Waals surface area contributed by atoms with Crippen LogP contribution in [0.25, 0.3) is 0 Å². The van der Waals surface area contributed by atoms with Crippen molar-refractivity contribution in [3.05, 3.63) is 0 Å². The largest absolute Gasteiger partial charge is 0.353 e. The summed E-state index contributed by atoms with van der Waals surface area (Å²) in [6.45, 7) is 6.33. The second kappa shape index (κ2) is 7.44. The Balaban J connectivity index is 1.93. The highest BCUT2D eigenvalue weighted by molar-refractivity contribution is 5.83. The first-order valence-corrected chi connectivity index (χ1v) is 8.69. The third-order valence-corrected chi connectivity index (χ3v) is 5.40. The number of amides is 1. The molecule has 0 aromatic heterocycles. The molecule has 116 valence electrons. The zero-order chi connectivity index (χ0) is 14.4. The molecule has 0 aromatic carbocycles. The van der Waals surface area contributed by atoms with E-state index in [2.05, 4.69) is 24.5 Å². The van der Waals surface area contributed by atoms with Gasteiger partial charge >= 0.3 is 0 Å². The molecule has 2 N–H and O–H groups in total. The Bertz CT molecular complexity index is 299. The lowest BCUT2D eigenvalue weighted by Gasteiger charge is -2.38. The summed E-state index contributed by atoms with van der Waals surface area (Å²) >= 11 is 0. The summed E-state index contributed by atoms with van der Waals surface area (Å²) in [5, 5.41) is 6.80. The highest BCUT2D eigenvalue weighted by Crippen LogP contribution is 2.33.